The minimum absolute atomic E-state index is 0.122. The molecule has 3 heterocycles. The smallest absolute Gasteiger partial charge is 0.209 e. The Bertz CT molecular complexity index is 1030. The van der Waals surface area contributed by atoms with Crippen molar-refractivity contribution >= 4 is 45.8 Å². The molecule has 0 radical (unpaired) electrons. The van der Waals surface area contributed by atoms with Gasteiger partial charge in [-0.3, -0.25) is 10.2 Å². The fourth-order valence-electron chi connectivity index (χ4n) is 3.05. The highest BCUT2D eigenvalue weighted by Crippen LogP contribution is 2.35. The number of nitrogens with two attached hydrogens (primary N) is 1. The number of Topliss-reactive ketones (excluding diaryl/α,β-unsaturated/α-hetero) is 1. The van der Waals surface area contributed by atoms with Gasteiger partial charge in [-0.1, -0.05) is 44.5 Å². The van der Waals surface area contributed by atoms with Gasteiger partial charge in [0.25, 0.3) is 0 Å². The van der Waals surface area contributed by atoms with Crippen LogP contribution >= 0.6 is 22.9 Å². The number of carbonyl (C=O) groups excluding carboxylic acids is 1. The van der Waals surface area contributed by atoms with Gasteiger partial charge in [0.2, 0.25) is 5.78 Å². The second kappa shape index (κ2) is 6.28. The normalized spacial score (nSPS) is 19.6. The lowest BCUT2D eigenvalue weighted by Gasteiger charge is -2.26. The monoisotopic (exact) mass is 399 g/mol. The largest absolute Gasteiger partial charge is 0.383 e. The fraction of sp³-hybridized carbons (Fsp3) is 0.263. The summed E-state index contributed by atoms with van der Waals surface area (Å²) < 4.78 is 0. The zero-order valence-corrected chi connectivity index (χ0v) is 16.6. The van der Waals surface area contributed by atoms with Gasteiger partial charge in [-0.15, -0.1) is 11.3 Å². The van der Waals surface area contributed by atoms with Gasteiger partial charge < -0.3 is 5.73 Å². The Morgan fingerprint density at radius 2 is 1.93 bits per heavy atom. The van der Waals surface area contributed by atoms with Crippen LogP contribution < -0.4 is 11.2 Å². The van der Waals surface area contributed by atoms with E-state index in [9.17, 15) is 4.79 Å². The Morgan fingerprint density at radius 1 is 1.22 bits per heavy atom. The maximum Gasteiger partial charge on any atom is 0.209 e. The maximum absolute atomic E-state index is 12.8. The van der Waals surface area contributed by atoms with Crippen molar-refractivity contribution in [3.8, 4) is 11.3 Å². The summed E-state index contributed by atoms with van der Waals surface area (Å²) in [6, 6.07) is 6.80. The first-order valence-corrected chi connectivity index (χ1v) is 9.69. The lowest BCUT2D eigenvalue weighted by atomic mass is 9.84. The Hall–Kier alpha value is -2.51. The Kier molecular flexibility index (Phi) is 4.16. The molecule has 27 heavy (non-hydrogen) atoms. The number of ketones is 1. The van der Waals surface area contributed by atoms with E-state index in [4.69, 9.17) is 17.3 Å². The summed E-state index contributed by atoms with van der Waals surface area (Å²) in [6.07, 6.45) is 0. The second-order valence-electron chi connectivity index (χ2n) is 7.44. The number of hydrogen-bond acceptors (Lipinski definition) is 7. The van der Waals surface area contributed by atoms with E-state index in [1.165, 1.54) is 11.3 Å². The van der Waals surface area contributed by atoms with Gasteiger partial charge in [0, 0.05) is 21.4 Å². The zero-order valence-electron chi connectivity index (χ0n) is 15.1. The summed E-state index contributed by atoms with van der Waals surface area (Å²) >= 11 is 7.40. The fourth-order valence-corrected chi connectivity index (χ4v) is 4.08. The van der Waals surface area contributed by atoms with Gasteiger partial charge in [-0.2, -0.15) is 5.10 Å². The molecule has 0 spiro atoms. The van der Waals surface area contributed by atoms with Crippen LogP contribution in [-0.2, 0) is 4.79 Å². The molecule has 138 valence electrons. The zero-order chi connectivity index (χ0) is 19.3. The van der Waals surface area contributed by atoms with E-state index < -0.39 is 6.04 Å². The minimum atomic E-state index is -0.672. The number of amidine groups is 1. The molecule has 2 aliphatic rings. The molecular formula is C19H18ClN5OS. The van der Waals surface area contributed by atoms with Crippen LogP contribution in [0.15, 0.2) is 45.4 Å². The van der Waals surface area contributed by atoms with Crippen molar-refractivity contribution in [2.75, 3.05) is 0 Å². The van der Waals surface area contributed by atoms with Gasteiger partial charge in [-0.25, -0.2) is 9.98 Å². The molecule has 0 bridgehead atoms. The van der Waals surface area contributed by atoms with Gasteiger partial charge in [0.1, 0.15) is 16.6 Å². The molecule has 0 fully saturated rings. The summed E-state index contributed by atoms with van der Waals surface area (Å²) in [5.41, 5.74) is 12.3. The third-order valence-electron chi connectivity index (χ3n) is 4.41. The van der Waals surface area contributed by atoms with Crippen molar-refractivity contribution in [2.24, 2.45) is 21.2 Å². The molecule has 0 aliphatic carbocycles. The number of nitrogens with one attached hydrogen (secondary N) is 1. The highest BCUT2D eigenvalue weighted by Gasteiger charge is 2.42. The van der Waals surface area contributed by atoms with E-state index in [0.29, 0.717) is 32.8 Å². The van der Waals surface area contributed by atoms with Crippen molar-refractivity contribution in [2.45, 2.75) is 26.8 Å². The van der Waals surface area contributed by atoms with Crippen LogP contribution in [0.3, 0.4) is 0 Å². The number of halogens is 1. The number of thiazole rings is 1. The molecule has 3 N–H and O–H groups in total. The van der Waals surface area contributed by atoms with E-state index in [0.717, 1.165) is 11.3 Å². The van der Waals surface area contributed by atoms with Crippen molar-refractivity contribution < 1.29 is 4.79 Å². The average Bonchev–Trinajstić information content (AvgIpc) is 3.19. The molecule has 1 atom stereocenters. The first kappa shape index (κ1) is 17.9. The molecule has 8 heteroatoms. The molecule has 0 unspecified atom stereocenters. The van der Waals surface area contributed by atoms with Gasteiger partial charge in [0.15, 0.2) is 6.04 Å². The summed E-state index contributed by atoms with van der Waals surface area (Å²) in [7, 11) is 0. The Morgan fingerprint density at radius 3 is 2.59 bits per heavy atom. The van der Waals surface area contributed by atoms with Crippen LogP contribution in [0.2, 0.25) is 5.02 Å². The molecular weight excluding hydrogens is 382 g/mol. The van der Waals surface area contributed by atoms with Crippen molar-refractivity contribution in [1.29, 1.82) is 0 Å². The van der Waals surface area contributed by atoms with Crippen LogP contribution in [0.4, 0.5) is 0 Å². The number of benzene rings is 1. The van der Waals surface area contributed by atoms with Crippen LogP contribution in [0.25, 0.3) is 16.8 Å². The molecule has 1 aromatic heterocycles. The Labute approximate surface area is 165 Å². The van der Waals surface area contributed by atoms with Crippen LogP contribution in [-0.4, -0.2) is 28.4 Å². The molecule has 1 aromatic carbocycles. The lowest BCUT2D eigenvalue weighted by molar-refractivity contribution is -0.114. The van der Waals surface area contributed by atoms with Gasteiger partial charge in [-0.05, 0) is 12.1 Å². The average molecular weight is 400 g/mol. The molecule has 2 aliphatic heterocycles. The summed E-state index contributed by atoms with van der Waals surface area (Å²) in [5, 5.41) is 7.62. The third-order valence-corrected chi connectivity index (χ3v) is 5.52. The number of hydrazone groups is 1. The number of hydrogen-bond donors (Lipinski definition) is 2. The number of aromatic nitrogens is 1. The third kappa shape index (κ3) is 3.07. The molecule has 0 amide bonds. The number of nitrogens with zero attached hydrogens (tertiary/aromatic N) is 3. The number of aliphatic imine (C=N–C) groups is 1. The quantitative estimate of drug-likeness (QED) is 0.808. The van der Waals surface area contributed by atoms with E-state index >= 15 is 0 Å². The van der Waals surface area contributed by atoms with E-state index in [1.807, 2.05) is 50.4 Å². The molecule has 0 saturated heterocycles. The van der Waals surface area contributed by atoms with Crippen molar-refractivity contribution in [3.63, 3.8) is 0 Å². The number of carbonyl (C=O) groups is 1. The van der Waals surface area contributed by atoms with Crippen LogP contribution in [0.5, 0.6) is 0 Å². The SMILES string of the molecule is CC(C)(C)C1=NNC2=C(c3nc(-c4ccc(Cl)cc4)cs3)C(N)=N[C@H]2C1=O. The number of rotatable bonds is 2. The second-order valence-corrected chi connectivity index (χ2v) is 8.73. The topological polar surface area (TPSA) is 92.7 Å². The molecule has 4 rings (SSSR count). The first-order valence-electron chi connectivity index (χ1n) is 8.44. The molecule has 6 nitrogen and oxygen atoms in total. The van der Waals surface area contributed by atoms with E-state index in [1.54, 1.807) is 0 Å². The lowest BCUT2D eigenvalue weighted by Crippen LogP contribution is -2.43. The number of fused-ring (bicyclic) bond motifs is 1. The van der Waals surface area contributed by atoms with Crippen molar-refractivity contribution in [3.05, 3.63) is 45.4 Å². The minimum Gasteiger partial charge on any atom is -0.383 e. The van der Waals surface area contributed by atoms with Gasteiger partial charge >= 0.3 is 0 Å². The first-order chi connectivity index (χ1) is 12.8. The molecule has 0 saturated carbocycles. The maximum atomic E-state index is 12.8. The van der Waals surface area contributed by atoms with Gasteiger partial charge in [0.05, 0.1) is 17.0 Å². The van der Waals surface area contributed by atoms with Crippen LogP contribution in [0.1, 0.15) is 25.8 Å². The van der Waals surface area contributed by atoms with Crippen LogP contribution in [0, 0.1) is 5.41 Å². The van der Waals surface area contributed by atoms with Crippen molar-refractivity contribution in [1.82, 2.24) is 10.4 Å². The highest BCUT2D eigenvalue weighted by atomic mass is 35.5. The standard InChI is InChI=1S/C19H18ClN5OS/c1-19(2,3)16-15(26)14-13(24-25-16)12(17(21)23-14)18-22-11(8-27-18)9-4-6-10(20)7-5-9/h4-8,14,24H,1-3H3,(H2,21,23)/t14-/m1/s1. The van der Waals surface area contributed by atoms with E-state index in [2.05, 4.69) is 20.5 Å². The highest BCUT2D eigenvalue weighted by molar-refractivity contribution is 7.11. The van der Waals surface area contributed by atoms with E-state index in [-0.39, 0.29) is 11.2 Å². The molecule has 2 aromatic rings. The summed E-state index contributed by atoms with van der Waals surface area (Å²) in [6.45, 7) is 5.84. The summed E-state index contributed by atoms with van der Waals surface area (Å²) in [5.74, 6) is 0.182. The summed E-state index contributed by atoms with van der Waals surface area (Å²) in [4.78, 5) is 21.9. The Balaban J connectivity index is 1.73. The predicted molar refractivity (Wildman–Crippen MR) is 110 cm³/mol. The predicted octanol–water partition coefficient (Wildman–Crippen LogP) is 3.49.